The first kappa shape index (κ1) is 34.6. The molecule has 47 heavy (non-hydrogen) atoms. The topological polar surface area (TPSA) is 128 Å². The molecule has 1 aromatic rings. The summed E-state index contributed by atoms with van der Waals surface area (Å²) in [4.78, 5) is 19.2. The highest BCUT2D eigenvalue weighted by atomic mass is 33.1. The Hall–Kier alpha value is -0.820. The zero-order chi connectivity index (χ0) is 32.8. The summed E-state index contributed by atoms with van der Waals surface area (Å²) in [5.41, 5.74) is 12.0. The molecule has 3 aliphatic carbocycles. The monoisotopic (exact) mass is 717 g/mol. The average Bonchev–Trinajstić information content (AvgIpc) is 3.38. The lowest BCUT2D eigenvalue weighted by atomic mass is 9.47. The van der Waals surface area contributed by atoms with Crippen molar-refractivity contribution in [3.8, 4) is 0 Å². The maximum Gasteiger partial charge on any atom is 0.189 e. The normalized spacial score (nSPS) is 38.9. The lowest BCUT2D eigenvalue weighted by molar-refractivity contribution is -0.125. The van der Waals surface area contributed by atoms with Gasteiger partial charge in [-0.1, -0.05) is 73.9 Å². The van der Waals surface area contributed by atoms with Crippen LogP contribution in [0.1, 0.15) is 75.0 Å². The summed E-state index contributed by atoms with van der Waals surface area (Å²) in [6, 6.07) is 6.54. The second-order valence-electron chi connectivity index (χ2n) is 15.3. The van der Waals surface area contributed by atoms with E-state index in [1.165, 1.54) is 16.7 Å². The molecule has 6 aliphatic rings. The fourth-order valence-corrected chi connectivity index (χ4v) is 16.1. The van der Waals surface area contributed by atoms with E-state index >= 15 is 0 Å². The summed E-state index contributed by atoms with van der Waals surface area (Å²) in [6.45, 7) is 3.48. The molecule has 3 aliphatic heterocycles. The van der Waals surface area contributed by atoms with Gasteiger partial charge in [0.25, 0.3) is 0 Å². The molecular formula is C36H51N3O4S4. The number of carbonyl (C=O) groups excluding carboxylic acids is 1. The lowest BCUT2D eigenvalue weighted by Gasteiger charge is -2.57. The first-order chi connectivity index (χ1) is 22.8. The van der Waals surface area contributed by atoms with Crippen molar-refractivity contribution in [1.29, 1.82) is 0 Å². The van der Waals surface area contributed by atoms with E-state index in [-0.39, 0.29) is 59.9 Å². The number of guanidine groups is 1. The van der Waals surface area contributed by atoms with E-state index in [2.05, 4.69) is 30.4 Å². The molecule has 6 N–H and O–H groups in total. The molecule has 2 saturated carbocycles. The lowest BCUT2D eigenvalue weighted by Crippen LogP contribution is -2.62. The maximum atomic E-state index is 14.4. The third-order valence-electron chi connectivity index (χ3n) is 13.2. The molecule has 7 rings (SSSR count). The molecule has 8 unspecified atom stereocenters. The molecule has 9 bridgehead atoms. The minimum atomic E-state index is -0.287. The predicted octanol–water partition coefficient (Wildman–Crippen LogP) is 5.75. The third-order valence-corrected chi connectivity index (χ3v) is 18.2. The van der Waals surface area contributed by atoms with Gasteiger partial charge >= 0.3 is 0 Å². The van der Waals surface area contributed by atoms with E-state index in [0.29, 0.717) is 30.6 Å². The average molecular weight is 718 g/mol. The SMILES string of the molecule is CC12CCSSCC34CC(CSSCc5ccc(CO)c(c5)CC3CN=C(N)N4)CC3=C4CC1CC(CO)C(CCCO)C42CC3=O. The second-order valence-corrected chi connectivity index (χ2v) is 20.4. The quantitative estimate of drug-likeness (QED) is 0.240. The van der Waals surface area contributed by atoms with E-state index in [1.54, 1.807) is 0 Å². The van der Waals surface area contributed by atoms with E-state index in [9.17, 15) is 20.1 Å². The molecule has 0 amide bonds. The van der Waals surface area contributed by atoms with Crippen LogP contribution >= 0.6 is 43.2 Å². The molecule has 0 radical (unpaired) electrons. The van der Waals surface area contributed by atoms with Gasteiger partial charge in [0.15, 0.2) is 11.7 Å². The minimum absolute atomic E-state index is 0.0110. The number of allylic oxidation sites excluding steroid dienone is 2. The highest BCUT2D eigenvalue weighted by Crippen LogP contribution is 2.75. The van der Waals surface area contributed by atoms with Crippen LogP contribution in [0.15, 0.2) is 34.3 Å². The first-order valence-corrected chi connectivity index (χ1v) is 22.5. The Bertz CT molecular complexity index is 1420. The molecule has 7 nitrogen and oxygen atoms in total. The van der Waals surface area contributed by atoms with Crippen molar-refractivity contribution >= 4 is 54.9 Å². The van der Waals surface area contributed by atoms with Crippen LogP contribution < -0.4 is 11.1 Å². The molecule has 8 atom stereocenters. The van der Waals surface area contributed by atoms with E-state index in [0.717, 1.165) is 85.5 Å². The molecule has 2 fully saturated rings. The number of nitrogens with zero attached hydrogens (tertiary/aromatic N) is 1. The molecule has 0 saturated heterocycles. The molecule has 0 aromatic heterocycles. The highest BCUT2D eigenvalue weighted by molar-refractivity contribution is 8.76. The van der Waals surface area contributed by atoms with E-state index < -0.39 is 0 Å². The summed E-state index contributed by atoms with van der Waals surface area (Å²) in [5.74, 6) is 6.03. The van der Waals surface area contributed by atoms with Gasteiger partial charge in [0.2, 0.25) is 0 Å². The zero-order valence-electron chi connectivity index (χ0n) is 27.5. The number of nitrogens with one attached hydrogen (secondary N) is 1. The van der Waals surface area contributed by atoms with Gasteiger partial charge in [0.05, 0.1) is 12.1 Å². The molecule has 2 spiro atoms. The third kappa shape index (κ3) is 6.03. The molecule has 258 valence electrons. The van der Waals surface area contributed by atoms with Crippen LogP contribution in [-0.2, 0) is 23.6 Å². The van der Waals surface area contributed by atoms with Crippen LogP contribution in [0.3, 0.4) is 0 Å². The van der Waals surface area contributed by atoms with Crippen LogP contribution in [0, 0.1) is 40.4 Å². The van der Waals surface area contributed by atoms with Crippen molar-refractivity contribution in [1.82, 2.24) is 5.32 Å². The number of Topliss-reactive ketones (excluding diaryl/α,β-unsaturated/α-hetero) is 1. The molecule has 3 heterocycles. The smallest absolute Gasteiger partial charge is 0.189 e. The number of nitrogens with two attached hydrogens (primary N) is 1. The van der Waals surface area contributed by atoms with Crippen molar-refractivity contribution in [3.05, 3.63) is 46.0 Å². The van der Waals surface area contributed by atoms with Gasteiger partial charge < -0.3 is 26.4 Å². The largest absolute Gasteiger partial charge is 0.396 e. The number of aliphatic imine (C=N–C) groups is 1. The Morgan fingerprint density at radius 2 is 1.96 bits per heavy atom. The number of benzene rings is 1. The summed E-state index contributed by atoms with van der Waals surface area (Å²) in [5, 5.41) is 34.6. The number of fused-ring (bicyclic) bond motifs is 3. The van der Waals surface area contributed by atoms with Crippen molar-refractivity contribution < 1.29 is 20.1 Å². The summed E-state index contributed by atoms with van der Waals surface area (Å²) >= 11 is 0. The van der Waals surface area contributed by atoms with E-state index in [4.69, 9.17) is 10.7 Å². The minimum Gasteiger partial charge on any atom is -0.396 e. The number of hydrogen-bond donors (Lipinski definition) is 5. The maximum absolute atomic E-state index is 14.4. The van der Waals surface area contributed by atoms with Gasteiger partial charge in [-0.05, 0) is 103 Å². The Morgan fingerprint density at radius 1 is 1.09 bits per heavy atom. The molecular weight excluding hydrogens is 667 g/mol. The fraction of sp³-hybridized carbons (Fsp3) is 0.722. The Balaban J connectivity index is 1.32. The van der Waals surface area contributed by atoms with Crippen molar-refractivity contribution in [3.63, 3.8) is 0 Å². The first-order valence-electron chi connectivity index (χ1n) is 17.5. The molecule has 11 heteroatoms. The number of ketones is 1. The number of aliphatic hydroxyl groups is 3. The van der Waals surface area contributed by atoms with Crippen LogP contribution in [0.4, 0.5) is 0 Å². The van der Waals surface area contributed by atoms with Gasteiger partial charge in [0, 0.05) is 60.5 Å². The van der Waals surface area contributed by atoms with Crippen molar-refractivity contribution in [2.24, 2.45) is 51.1 Å². The van der Waals surface area contributed by atoms with Crippen LogP contribution in [0.25, 0.3) is 0 Å². The van der Waals surface area contributed by atoms with Crippen molar-refractivity contribution in [2.45, 2.75) is 82.6 Å². The van der Waals surface area contributed by atoms with Gasteiger partial charge in [-0.25, -0.2) is 0 Å². The Labute approximate surface area is 295 Å². The van der Waals surface area contributed by atoms with Gasteiger partial charge in [-0.15, -0.1) is 0 Å². The fourth-order valence-electron chi connectivity index (χ4n) is 10.9. The van der Waals surface area contributed by atoms with Crippen LogP contribution in [0.2, 0.25) is 0 Å². The highest BCUT2D eigenvalue weighted by Gasteiger charge is 2.69. The second kappa shape index (κ2) is 14.1. The van der Waals surface area contributed by atoms with Crippen LogP contribution in [-0.4, -0.2) is 69.6 Å². The number of rotatable bonds is 5. The number of hydrogen-bond acceptors (Lipinski definition) is 11. The van der Waals surface area contributed by atoms with E-state index in [1.807, 2.05) is 43.2 Å². The summed E-state index contributed by atoms with van der Waals surface area (Å²) in [6.07, 6.45) is 7.77. The number of carbonyl (C=O) groups is 1. The number of aliphatic hydroxyl groups excluding tert-OH is 3. The van der Waals surface area contributed by atoms with Crippen LogP contribution in [0.5, 0.6) is 0 Å². The summed E-state index contributed by atoms with van der Waals surface area (Å²) < 4.78 is 0. The Kier molecular flexibility index (Phi) is 10.4. The van der Waals surface area contributed by atoms with Gasteiger partial charge in [0.1, 0.15) is 0 Å². The Morgan fingerprint density at radius 3 is 2.77 bits per heavy atom. The predicted molar refractivity (Wildman–Crippen MR) is 198 cm³/mol. The summed E-state index contributed by atoms with van der Waals surface area (Å²) in [7, 11) is 7.75. The van der Waals surface area contributed by atoms with Gasteiger partial charge in [-0.2, -0.15) is 0 Å². The standard InChI is InChI=1S/C36H51N3O4S4/c1-34-6-8-44-47-21-35-14-23(10-29-31-13-27(34)12-26(18-42)30(3-2-7-40)36(31,34)15-32(29)43)20-46-45-19-22-4-5-24(17-41)25(9-22)11-28(35)16-38-33(37)39-35/h4-5,9,23,26-28,30,40-42H,2-3,6-8,10-21H2,1H3,(H3,37,38,39). The molecule has 1 aromatic carbocycles. The zero-order valence-corrected chi connectivity index (χ0v) is 30.8. The van der Waals surface area contributed by atoms with Crippen molar-refractivity contribution in [2.75, 3.05) is 37.0 Å². The van der Waals surface area contributed by atoms with Gasteiger partial charge in [-0.3, -0.25) is 9.79 Å².